The molecule has 2 rings (SSSR count). The average molecular weight is 242 g/mol. The van der Waals surface area contributed by atoms with Crippen molar-refractivity contribution in [1.82, 2.24) is 10.2 Å². The van der Waals surface area contributed by atoms with Crippen LogP contribution in [0.2, 0.25) is 0 Å². The summed E-state index contributed by atoms with van der Waals surface area (Å²) in [7, 11) is 0. The van der Waals surface area contributed by atoms with Crippen molar-refractivity contribution in [3.8, 4) is 0 Å². The van der Waals surface area contributed by atoms with Gasteiger partial charge in [0, 0.05) is 38.2 Å². The van der Waals surface area contributed by atoms with Gasteiger partial charge in [0.1, 0.15) is 6.61 Å². The van der Waals surface area contributed by atoms with E-state index in [1.54, 1.807) is 0 Å². The first kappa shape index (κ1) is 12.8. The van der Waals surface area contributed by atoms with Crippen molar-refractivity contribution in [2.75, 3.05) is 46.1 Å². The molecule has 1 amide bonds. The molecule has 98 valence electrons. The van der Waals surface area contributed by atoms with Gasteiger partial charge in [-0.1, -0.05) is 0 Å². The first-order valence-electron chi connectivity index (χ1n) is 6.43. The van der Waals surface area contributed by atoms with E-state index in [1.165, 1.54) is 0 Å². The molecule has 5 nitrogen and oxygen atoms in total. The van der Waals surface area contributed by atoms with E-state index in [1.807, 2.05) is 4.90 Å². The summed E-state index contributed by atoms with van der Waals surface area (Å²) >= 11 is 0. The van der Waals surface area contributed by atoms with Crippen LogP contribution in [0.5, 0.6) is 0 Å². The maximum atomic E-state index is 11.9. The second-order valence-electron chi connectivity index (χ2n) is 4.89. The van der Waals surface area contributed by atoms with Crippen molar-refractivity contribution in [2.45, 2.75) is 19.4 Å². The number of carbonyl (C=O) groups is 1. The Hall–Kier alpha value is -0.650. The fraction of sp³-hybridized carbons (Fsp3) is 0.917. The van der Waals surface area contributed by atoms with E-state index in [2.05, 4.69) is 12.2 Å². The van der Waals surface area contributed by atoms with Gasteiger partial charge < -0.3 is 19.7 Å². The molecule has 0 saturated carbocycles. The van der Waals surface area contributed by atoms with Crippen LogP contribution in [0.3, 0.4) is 0 Å². The van der Waals surface area contributed by atoms with Crippen LogP contribution in [-0.4, -0.2) is 62.9 Å². The second-order valence-corrected chi connectivity index (χ2v) is 4.89. The highest BCUT2D eigenvalue weighted by Gasteiger charge is 2.23. The largest absolute Gasteiger partial charge is 0.381 e. The minimum absolute atomic E-state index is 0.109. The third kappa shape index (κ3) is 3.66. The number of nitrogens with zero attached hydrogens (tertiary/aromatic N) is 1. The molecule has 0 aromatic rings. The number of carbonyl (C=O) groups excluding carboxylic acids is 1. The fourth-order valence-electron chi connectivity index (χ4n) is 2.32. The molecule has 2 aliphatic rings. The zero-order valence-corrected chi connectivity index (χ0v) is 10.5. The summed E-state index contributed by atoms with van der Waals surface area (Å²) < 4.78 is 10.8. The van der Waals surface area contributed by atoms with Crippen LogP contribution in [-0.2, 0) is 14.3 Å². The monoisotopic (exact) mass is 242 g/mol. The third-order valence-electron chi connectivity index (χ3n) is 3.42. The van der Waals surface area contributed by atoms with E-state index < -0.39 is 0 Å². The summed E-state index contributed by atoms with van der Waals surface area (Å²) in [5, 5.41) is 3.27. The predicted octanol–water partition coefficient (Wildman–Crippen LogP) is -0.140. The Kier molecular flexibility index (Phi) is 4.76. The molecule has 0 aliphatic carbocycles. The van der Waals surface area contributed by atoms with Gasteiger partial charge in [-0.15, -0.1) is 0 Å². The van der Waals surface area contributed by atoms with Crippen molar-refractivity contribution in [1.29, 1.82) is 0 Å². The summed E-state index contributed by atoms with van der Waals surface area (Å²) in [4.78, 5) is 13.8. The van der Waals surface area contributed by atoms with E-state index in [0.29, 0.717) is 12.5 Å². The quantitative estimate of drug-likeness (QED) is 0.745. The molecule has 1 N–H and O–H groups in total. The van der Waals surface area contributed by atoms with Crippen molar-refractivity contribution < 1.29 is 14.3 Å². The summed E-state index contributed by atoms with van der Waals surface area (Å²) in [5.74, 6) is 0.584. The minimum atomic E-state index is 0.109. The first-order chi connectivity index (χ1) is 8.27. The molecule has 5 heteroatoms. The molecular weight excluding hydrogens is 220 g/mol. The zero-order chi connectivity index (χ0) is 12.1. The SMILES string of the molecule is C[C@@H]1CNCCN1C(=O)COCC1CCOC1. The van der Waals surface area contributed by atoms with E-state index in [0.717, 1.165) is 39.3 Å². The Morgan fingerprint density at radius 3 is 3.18 bits per heavy atom. The predicted molar refractivity (Wildman–Crippen MR) is 63.8 cm³/mol. The minimum Gasteiger partial charge on any atom is -0.381 e. The number of nitrogens with one attached hydrogen (secondary N) is 1. The standard InChI is InChI=1S/C12H22N2O3/c1-10-6-13-3-4-14(10)12(15)9-17-8-11-2-5-16-7-11/h10-11,13H,2-9H2,1H3/t10-,11?/m1/s1. The van der Waals surface area contributed by atoms with E-state index in [-0.39, 0.29) is 18.6 Å². The normalized spacial score (nSPS) is 29.6. The Morgan fingerprint density at radius 2 is 2.47 bits per heavy atom. The maximum absolute atomic E-state index is 11.9. The number of ether oxygens (including phenoxy) is 2. The van der Waals surface area contributed by atoms with Crippen molar-refractivity contribution in [3.63, 3.8) is 0 Å². The summed E-state index contributed by atoms with van der Waals surface area (Å²) in [6.45, 7) is 7.07. The first-order valence-corrected chi connectivity index (χ1v) is 6.43. The average Bonchev–Trinajstić information content (AvgIpc) is 2.82. The number of hydrogen-bond acceptors (Lipinski definition) is 4. The van der Waals surface area contributed by atoms with Gasteiger partial charge in [0.05, 0.1) is 13.2 Å². The zero-order valence-electron chi connectivity index (χ0n) is 10.5. The van der Waals surface area contributed by atoms with Crippen LogP contribution in [0.1, 0.15) is 13.3 Å². The second kappa shape index (κ2) is 6.33. The molecule has 2 heterocycles. The van der Waals surface area contributed by atoms with Crippen molar-refractivity contribution in [3.05, 3.63) is 0 Å². The number of hydrogen-bond donors (Lipinski definition) is 1. The lowest BCUT2D eigenvalue weighted by Gasteiger charge is -2.33. The van der Waals surface area contributed by atoms with Crippen LogP contribution >= 0.6 is 0 Å². The van der Waals surface area contributed by atoms with Crippen LogP contribution in [0, 0.1) is 5.92 Å². The van der Waals surface area contributed by atoms with Gasteiger partial charge in [0.15, 0.2) is 0 Å². The maximum Gasteiger partial charge on any atom is 0.248 e. The van der Waals surface area contributed by atoms with E-state index in [4.69, 9.17) is 9.47 Å². The molecule has 1 unspecified atom stereocenters. The van der Waals surface area contributed by atoms with Gasteiger partial charge in [-0.25, -0.2) is 0 Å². The number of amides is 1. The summed E-state index contributed by atoms with van der Waals surface area (Å²) in [6, 6.07) is 0.273. The molecule has 0 radical (unpaired) electrons. The van der Waals surface area contributed by atoms with E-state index >= 15 is 0 Å². The van der Waals surface area contributed by atoms with Crippen LogP contribution in [0.15, 0.2) is 0 Å². The third-order valence-corrected chi connectivity index (χ3v) is 3.42. The lowest BCUT2D eigenvalue weighted by Crippen LogP contribution is -2.53. The Morgan fingerprint density at radius 1 is 1.59 bits per heavy atom. The topological polar surface area (TPSA) is 50.8 Å². The van der Waals surface area contributed by atoms with Gasteiger partial charge in [0.2, 0.25) is 5.91 Å². The molecule has 2 aliphatic heterocycles. The van der Waals surface area contributed by atoms with Gasteiger partial charge in [-0.05, 0) is 13.3 Å². The molecular formula is C12H22N2O3. The lowest BCUT2D eigenvalue weighted by molar-refractivity contribution is -0.139. The Balaban J connectivity index is 1.65. The molecule has 17 heavy (non-hydrogen) atoms. The van der Waals surface area contributed by atoms with Crippen LogP contribution in [0.25, 0.3) is 0 Å². The Bertz CT molecular complexity index is 254. The Labute approximate surface area is 102 Å². The lowest BCUT2D eigenvalue weighted by atomic mass is 10.1. The molecule has 0 spiro atoms. The highest BCUT2D eigenvalue weighted by Crippen LogP contribution is 2.12. The highest BCUT2D eigenvalue weighted by atomic mass is 16.5. The van der Waals surface area contributed by atoms with Crippen molar-refractivity contribution >= 4 is 5.91 Å². The van der Waals surface area contributed by atoms with Gasteiger partial charge >= 0.3 is 0 Å². The van der Waals surface area contributed by atoms with Crippen LogP contribution < -0.4 is 5.32 Å². The number of piperazine rings is 1. The van der Waals surface area contributed by atoms with Gasteiger partial charge in [-0.2, -0.15) is 0 Å². The van der Waals surface area contributed by atoms with Gasteiger partial charge in [0.25, 0.3) is 0 Å². The number of rotatable bonds is 4. The van der Waals surface area contributed by atoms with E-state index in [9.17, 15) is 4.79 Å². The molecule has 0 bridgehead atoms. The van der Waals surface area contributed by atoms with Gasteiger partial charge in [-0.3, -0.25) is 4.79 Å². The fourth-order valence-corrected chi connectivity index (χ4v) is 2.32. The smallest absolute Gasteiger partial charge is 0.248 e. The molecule has 0 aromatic carbocycles. The van der Waals surface area contributed by atoms with Crippen LogP contribution in [0.4, 0.5) is 0 Å². The molecule has 2 atom stereocenters. The summed E-state index contributed by atoms with van der Waals surface area (Å²) in [6.07, 6.45) is 1.05. The van der Waals surface area contributed by atoms with Crippen molar-refractivity contribution in [2.24, 2.45) is 5.92 Å². The highest BCUT2D eigenvalue weighted by molar-refractivity contribution is 5.77. The molecule has 2 fully saturated rings. The molecule has 0 aromatic heterocycles. The summed E-state index contributed by atoms with van der Waals surface area (Å²) in [5.41, 5.74) is 0. The molecule has 2 saturated heterocycles.